The summed E-state index contributed by atoms with van der Waals surface area (Å²) in [6, 6.07) is 18.5. The largest absolute Gasteiger partial charge is 0.364 e. The number of benzene rings is 1. The summed E-state index contributed by atoms with van der Waals surface area (Å²) in [7, 11) is 0. The van der Waals surface area contributed by atoms with Gasteiger partial charge in [-0.3, -0.25) is 9.97 Å². The smallest absolute Gasteiger partial charge is 0.154 e. The molecule has 0 atom stereocenters. The number of nitrogens with one attached hydrogen (secondary N) is 1. The Labute approximate surface area is 186 Å². The summed E-state index contributed by atoms with van der Waals surface area (Å²) < 4.78 is 0. The normalized spacial score (nSPS) is 10.9. The lowest BCUT2D eigenvalue weighted by atomic mass is 10.0. The third-order valence-corrected chi connectivity index (χ3v) is 5.30. The summed E-state index contributed by atoms with van der Waals surface area (Å²) >= 11 is 0. The zero-order valence-electron chi connectivity index (χ0n) is 17.9. The molecule has 0 amide bonds. The van der Waals surface area contributed by atoms with E-state index in [0.29, 0.717) is 6.54 Å². The number of hydrogen-bond donors (Lipinski definition) is 1. The number of hydrogen-bond acceptors (Lipinski definition) is 6. The molecular weight excluding hydrogens is 396 g/mol. The standard InChI is InChI=1S/C26H22N6/c1-17-13-21(7-10-27-17)20-5-3-19(4-6-20)15-31-26-25-23(9-12-29-26)32-24(16-30-25)22-8-11-28-18(2)14-22/h3-14,16H,15H2,1-2H3,(H,29,31). The van der Waals surface area contributed by atoms with Gasteiger partial charge in [-0.2, -0.15) is 0 Å². The number of nitrogens with zero attached hydrogens (tertiary/aromatic N) is 5. The van der Waals surface area contributed by atoms with Gasteiger partial charge < -0.3 is 5.32 Å². The van der Waals surface area contributed by atoms with Gasteiger partial charge in [0.15, 0.2) is 5.82 Å². The lowest BCUT2D eigenvalue weighted by molar-refractivity contribution is 1.11. The number of fused-ring (bicyclic) bond motifs is 1. The summed E-state index contributed by atoms with van der Waals surface area (Å²) in [5.74, 6) is 0.723. The van der Waals surface area contributed by atoms with Crippen LogP contribution in [0.1, 0.15) is 17.0 Å². The van der Waals surface area contributed by atoms with Crippen molar-refractivity contribution in [3.05, 3.63) is 96.3 Å². The average molecular weight is 419 g/mol. The number of aromatic nitrogens is 5. The molecule has 156 valence electrons. The first-order chi connectivity index (χ1) is 15.7. The van der Waals surface area contributed by atoms with Crippen LogP contribution in [0.25, 0.3) is 33.4 Å². The molecule has 0 saturated carbocycles. The zero-order valence-corrected chi connectivity index (χ0v) is 17.9. The van der Waals surface area contributed by atoms with Crippen LogP contribution >= 0.6 is 0 Å². The van der Waals surface area contributed by atoms with Crippen molar-refractivity contribution in [2.45, 2.75) is 20.4 Å². The van der Waals surface area contributed by atoms with Gasteiger partial charge in [0.05, 0.1) is 17.4 Å². The fourth-order valence-electron chi connectivity index (χ4n) is 3.64. The molecule has 0 fully saturated rings. The van der Waals surface area contributed by atoms with Crippen molar-refractivity contribution in [1.29, 1.82) is 0 Å². The average Bonchev–Trinajstić information content (AvgIpc) is 2.82. The molecule has 6 heteroatoms. The second kappa shape index (κ2) is 8.51. The highest BCUT2D eigenvalue weighted by molar-refractivity contribution is 5.86. The highest BCUT2D eigenvalue weighted by Crippen LogP contribution is 2.24. The third-order valence-electron chi connectivity index (χ3n) is 5.30. The topological polar surface area (TPSA) is 76.5 Å². The molecule has 5 rings (SSSR count). The molecule has 1 N–H and O–H groups in total. The summed E-state index contributed by atoms with van der Waals surface area (Å²) in [6.07, 6.45) is 7.18. The van der Waals surface area contributed by atoms with E-state index in [-0.39, 0.29) is 0 Å². The lowest BCUT2D eigenvalue weighted by Crippen LogP contribution is -2.03. The number of aryl methyl sites for hydroxylation is 2. The van der Waals surface area contributed by atoms with Gasteiger partial charge in [-0.1, -0.05) is 24.3 Å². The van der Waals surface area contributed by atoms with E-state index >= 15 is 0 Å². The van der Waals surface area contributed by atoms with Crippen molar-refractivity contribution in [3.8, 4) is 22.4 Å². The fraction of sp³-hybridized carbons (Fsp3) is 0.115. The molecule has 4 heterocycles. The SMILES string of the molecule is Cc1cc(-c2ccc(CNc3nccc4nc(-c5ccnc(C)c5)cnc34)cc2)ccn1. The van der Waals surface area contributed by atoms with Crippen molar-refractivity contribution in [2.75, 3.05) is 5.32 Å². The number of anilines is 1. The van der Waals surface area contributed by atoms with E-state index in [1.54, 1.807) is 18.6 Å². The Hall–Kier alpha value is -4.19. The van der Waals surface area contributed by atoms with Gasteiger partial charge in [-0.05, 0) is 60.9 Å². The van der Waals surface area contributed by atoms with Crippen LogP contribution in [-0.2, 0) is 6.54 Å². The molecule has 0 radical (unpaired) electrons. The van der Waals surface area contributed by atoms with Crippen LogP contribution in [0.15, 0.2) is 79.4 Å². The molecule has 0 aliphatic carbocycles. The second-order valence-electron chi connectivity index (χ2n) is 7.70. The van der Waals surface area contributed by atoms with Crippen molar-refractivity contribution in [2.24, 2.45) is 0 Å². The molecule has 32 heavy (non-hydrogen) atoms. The molecule has 0 spiro atoms. The Morgan fingerprint density at radius 2 is 1.38 bits per heavy atom. The molecule has 4 aromatic heterocycles. The molecule has 0 aliphatic heterocycles. The first-order valence-electron chi connectivity index (χ1n) is 10.5. The predicted molar refractivity (Wildman–Crippen MR) is 127 cm³/mol. The van der Waals surface area contributed by atoms with E-state index in [2.05, 4.69) is 55.6 Å². The maximum Gasteiger partial charge on any atom is 0.154 e. The van der Waals surface area contributed by atoms with Crippen LogP contribution in [0.2, 0.25) is 0 Å². The van der Waals surface area contributed by atoms with Crippen molar-refractivity contribution in [3.63, 3.8) is 0 Å². The van der Waals surface area contributed by atoms with Crippen LogP contribution in [-0.4, -0.2) is 24.9 Å². The van der Waals surface area contributed by atoms with Gasteiger partial charge in [-0.25, -0.2) is 15.0 Å². The van der Waals surface area contributed by atoms with Gasteiger partial charge in [0.25, 0.3) is 0 Å². The van der Waals surface area contributed by atoms with Crippen molar-refractivity contribution in [1.82, 2.24) is 24.9 Å². The third kappa shape index (κ3) is 4.16. The molecule has 5 aromatic rings. The minimum Gasteiger partial charge on any atom is -0.364 e. The van der Waals surface area contributed by atoms with Crippen LogP contribution < -0.4 is 5.32 Å². The molecule has 1 aromatic carbocycles. The van der Waals surface area contributed by atoms with Gasteiger partial charge in [0.2, 0.25) is 0 Å². The van der Waals surface area contributed by atoms with Crippen LogP contribution in [0.3, 0.4) is 0 Å². The van der Waals surface area contributed by atoms with Gasteiger partial charge >= 0.3 is 0 Å². The molecule has 0 saturated heterocycles. The van der Waals surface area contributed by atoms with E-state index in [1.807, 2.05) is 44.3 Å². The van der Waals surface area contributed by atoms with Crippen LogP contribution in [0, 0.1) is 13.8 Å². The maximum absolute atomic E-state index is 4.78. The molecular formula is C26H22N6. The molecule has 0 bridgehead atoms. The monoisotopic (exact) mass is 418 g/mol. The fourth-order valence-corrected chi connectivity index (χ4v) is 3.64. The van der Waals surface area contributed by atoms with Crippen LogP contribution in [0.4, 0.5) is 5.82 Å². The highest BCUT2D eigenvalue weighted by Gasteiger charge is 2.08. The quantitative estimate of drug-likeness (QED) is 0.413. The maximum atomic E-state index is 4.78. The predicted octanol–water partition coefficient (Wildman–Crippen LogP) is 5.38. The Morgan fingerprint density at radius 3 is 2.12 bits per heavy atom. The van der Waals surface area contributed by atoms with E-state index in [4.69, 9.17) is 4.98 Å². The Balaban J connectivity index is 1.35. The summed E-state index contributed by atoms with van der Waals surface area (Å²) in [4.78, 5) is 22.4. The first kappa shape index (κ1) is 19.8. The van der Waals surface area contributed by atoms with Gasteiger partial charge in [0.1, 0.15) is 5.52 Å². The number of rotatable bonds is 5. The summed E-state index contributed by atoms with van der Waals surface area (Å²) in [5.41, 5.74) is 8.85. The zero-order chi connectivity index (χ0) is 21.9. The van der Waals surface area contributed by atoms with E-state index in [1.165, 1.54) is 11.1 Å². The minimum absolute atomic E-state index is 0.648. The van der Waals surface area contributed by atoms with Crippen molar-refractivity contribution < 1.29 is 0 Å². The lowest BCUT2D eigenvalue weighted by Gasteiger charge is -2.10. The Kier molecular flexibility index (Phi) is 5.25. The summed E-state index contributed by atoms with van der Waals surface area (Å²) in [6.45, 7) is 4.62. The van der Waals surface area contributed by atoms with Crippen molar-refractivity contribution >= 4 is 16.9 Å². The summed E-state index contributed by atoms with van der Waals surface area (Å²) in [5, 5.41) is 3.41. The first-order valence-corrected chi connectivity index (χ1v) is 10.5. The Bertz CT molecular complexity index is 1400. The highest BCUT2D eigenvalue weighted by atomic mass is 15.0. The minimum atomic E-state index is 0.648. The second-order valence-corrected chi connectivity index (χ2v) is 7.70. The Morgan fingerprint density at radius 1 is 0.688 bits per heavy atom. The van der Waals surface area contributed by atoms with E-state index < -0.39 is 0 Å². The molecule has 0 aliphatic rings. The van der Waals surface area contributed by atoms with Crippen LogP contribution in [0.5, 0.6) is 0 Å². The molecule has 0 unspecified atom stereocenters. The van der Waals surface area contributed by atoms with E-state index in [0.717, 1.165) is 45.1 Å². The van der Waals surface area contributed by atoms with E-state index in [9.17, 15) is 0 Å². The number of pyridine rings is 3. The molecule has 6 nitrogen and oxygen atoms in total. The van der Waals surface area contributed by atoms with Gasteiger partial charge in [-0.15, -0.1) is 0 Å². The van der Waals surface area contributed by atoms with Gasteiger partial charge in [0, 0.05) is 42.1 Å².